The van der Waals surface area contributed by atoms with Crippen LogP contribution in [0, 0.1) is 17.2 Å². The molecule has 0 aromatic carbocycles. The van der Waals surface area contributed by atoms with Crippen LogP contribution < -0.4 is 0 Å². The second-order valence-electron chi connectivity index (χ2n) is 4.19. The molecule has 84 valence electrons. The number of carbonyl (C=O) groups excluding carboxylic acids is 1. The van der Waals surface area contributed by atoms with Crippen molar-refractivity contribution in [2.24, 2.45) is 5.92 Å². The third kappa shape index (κ3) is 4.01. The van der Waals surface area contributed by atoms with Crippen molar-refractivity contribution in [1.82, 2.24) is 4.90 Å². The lowest BCUT2D eigenvalue weighted by molar-refractivity contribution is -0.120. The molecule has 1 aliphatic rings. The van der Waals surface area contributed by atoms with Gasteiger partial charge in [-0.3, -0.25) is 4.79 Å². The van der Waals surface area contributed by atoms with Gasteiger partial charge in [0.25, 0.3) is 0 Å². The van der Waals surface area contributed by atoms with E-state index in [1.54, 1.807) is 0 Å². The molecule has 0 bridgehead atoms. The number of ketones is 1. The first-order chi connectivity index (χ1) is 7.27. The van der Waals surface area contributed by atoms with Crippen LogP contribution in [0.5, 0.6) is 0 Å². The summed E-state index contributed by atoms with van der Waals surface area (Å²) >= 11 is 0. The molecule has 0 aromatic rings. The SMILES string of the molecule is CCN(CCC#N)CCC1CCCC1=O. The van der Waals surface area contributed by atoms with Crippen molar-refractivity contribution >= 4 is 5.78 Å². The van der Waals surface area contributed by atoms with Crippen molar-refractivity contribution in [2.75, 3.05) is 19.6 Å². The Kier molecular flexibility index (Phi) is 5.34. The normalized spacial score (nSPS) is 20.9. The van der Waals surface area contributed by atoms with E-state index >= 15 is 0 Å². The average Bonchev–Trinajstić information content (AvgIpc) is 2.65. The van der Waals surface area contributed by atoms with Gasteiger partial charge in [0.1, 0.15) is 5.78 Å². The summed E-state index contributed by atoms with van der Waals surface area (Å²) in [5.74, 6) is 0.757. The Balaban J connectivity index is 2.21. The zero-order valence-corrected chi connectivity index (χ0v) is 9.54. The first kappa shape index (κ1) is 12.2. The van der Waals surface area contributed by atoms with Crippen molar-refractivity contribution in [2.45, 2.75) is 39.0 Å². The molecule has 0 heterocycles. The van der Waals surface area contributed by atoms with E-state index in [-0.39, 0.29) is 0 Å². The van der Waals surface area contributed by atoms with Crippen molar-refractivity contribution < 1.29 is 4.79 Å². The summed E-state index contributed by atoms with van der Waals surface area (Å²) in [6.07, 6.45) is 4.52. The molecule has 1 fully saturated rings. The highest BCUT2D eigenvalue weighted by atomic mass is 16.1. The Morgan fingerprint density at radius 3 is 2.87 bits per heavy atom. The van der Waals surface area contributed by atoms with Crippen molar-refractivity contribution in [3.63, 3.8) is 0 Å². The summed E-state index contributed by atoms with van der Waals surface area (Å²) in [5, 5.41) is 8.50. The third-order valence-corrected chi connectivity index (χ3v) is 3.21. The van der Waals surface area contributed by atoms with Crippen LogP contribution in [0.15, 0.2) is 0 Å². The van der Waals surface area contributed by atoms with Crippen LogP contribution in [-0.4, -0.2) is 30.3 Å². The van der Waals surface area contributed by atoms with E-state index in [4.69, 9.17) is 5.26 Å². The number of nitriles is 1. The first-order valence-corrected chi connectivity index (χ1v) is 5.90. The molecule has 1 aliphatic carbocycles. The number of Topliss-reactive ketones (excluding diaryl/α,β-unsaturated/α-hetero) is 1. The maximum Gasteiger partial charge on any atom is 0.136 e. The van der Waals surface area contributed by atoms with Crippen molar-refractivity contribution in [3.8, 4) is 6.07 Å². The lowest BCUT2D eigenvalue weighted by atomic mass is 10.0. The lowest BCUT2D eigenvalue weighted by Crippen LogP contribution is -2.27. The zero-order chi connectivity index (χ0) is 11.1. The molecule has 1 unspecified atom stereocenters. The second kappa shape index (κ2) is 6.58. The highest BCUT2D eigenvalue weighted by Gasteiger charge is 2.24. The molecule has 1 atom stereocenters. The third-order valence-electron chi connectivity index (χ3n) is 3.21. The highest BCUT2D eigenvalue weighted by Crippen LogP contribution is 2.24. The molecular formula is C12H20N2O. The van der Waals surface area contributed by atoms with Crippen LogP contribution in [0.25, 0.3) is 0 Å². The number of rotatable bonds is 6. The summed E-state index contributed by atoms with van der Waals surface area (Å²) in [7, 11) is 0. The van der Waals surface area contributed by atoms with Gasteiger partial charge in [-0.25, -0.2) is 0 Å². The number of carbonyl (C=O) groups is 1. The van der Waals surface area contributed by atoms with Crippen LogP contribution in [0.2, 0.25) is 0 Å². The molecule has 3 nitrogen and oxygen atoms in total. The van der Waals surface area contributed by atoms with Gasteiger partial charge in [-0.15, -0.1) is 0 Å². The molecule has 0 aromatic heterocycles. The van der Waals surface area contributed by atoms with E-state index in [0.717, 1.165) is 45.3 Å². The molecular weight excluding hydrogens is 188 g/mol. The minimum absolute atomic E-state index is 0.307. The van der Waals surface area contributed by atoms with Gasteiger partial charge in [-0.05, 0) is 32.4 Å². The van der Waals surface area contributed by atoms with Gasteiger partial charge >= 0.3 is 0 Å². The maximum atomic E-state index is 11.4. The van der Waals surface area contributed by atoms with Gasteiger partial charge in [0.2, 0.25) is 0 Å². The van der Waals surface area contributed by atoms with Crippen molar-refractivity contribution in [1.29, 1.82) is 5.26 Å². The quantitative estimate of drug-likeness (QED) is 0.670. The molecule has 1 rings (SSSR count). The molecule has 0 spiro atoms. The zero-order valence-electron chi connectivity index (χ0n) is 9.54. The minimum Gasteiger partial charge on any atom is -0.303 e. The fourth-order valence-electron chi connectivity index (χ4n) is 2.17. The first-order valence-electron chi connectivity index (χ1n) is 5.90. The fourth-order valence-corrected chi connectivity index (χ4v) is 2.17. The van der Waals surface area contributed by atoms with E-state index in [1.165, 1.54) is 0 Å². The van der Waals surface area contributed by atoms with Gasteiger partial charge in [0.15, 0.2) is 0 Å². The maximum absolute atomic E-state index is 11.4. The molecule has 3 heteroatoms. The molecule has 0 amide bonds. The Bertz CT molecular complexity index is 244. The smallest absolute Gasteiger partial charge is 0.136 e. The summed E-state index contributed by atoms with van der Waals surface area (Å²) in [6.45, 7) is 4.89. The van der Waals surface area contributed by atoms with Gasteiger partial charge in [0.05, 0.1) is 6.07 Å². The lowest BCUT2D eigenvalue weighted by Gasteiger charge is -2.20. The van der Waals surface area contributed by atoms with E-state index < -0.39 is 0 Å². The van der Waals surface area contributed by atoms with E-state index in [9.17, 15) is 4.79 Å². The summed E-state index contributed by atoms with van der Waals surface area (Å²) < 4.78 is 0. The van der Waals surface area contributed by atoms with E-state index in [2.05, 4.69) is 17.9 Å². The van der Waals surface area contributed by atoms with Crippen LogP contribution in [0.4, 0.5) is 0 Å². The highest BCUT2D eigenvalue weighted by molar-refractivity contribution is 5.82. The standard InChI is InChI=1S/C12H20N2O/c1-2-14(9-4-8-13)10-7-11-5-3-6-12(11)15/h11H,2-7,9-10H2,1H3. The number of nitrogens with zero attached hydrogens (tertiary/aromatic N) is 2. The average molecular weight is 208 g/mol. The Hall–Kier alpha value is -0.880. The van der Waals surface area contributed by atoms with Crippen LogP contribution in [0.1, 0.15) is 39.0 Å². The molecule has 0 radical (unpaired) electrons. The Morgan fingerprint density at radius 2 is 2.33 bits per heavy atom. The summed E-state index contributed by atoms with van der Waals surface area (Å²) in [4.78, 5) is 13.7. The van der Waals surface area contributed by atoms with Crippen molar-refractivity contribution in [3.05, 3.63) is 0 Å². The molecule has 1 saturated carbocycles. The molecule has 0 saturated heterocycles. The number of hydrogen-bond acceptors (Lipinski definition) is 3. The summed E-state index contributed by atoms with van der Waals surface area (Å²) in [5.41, 5.74) is 0. The Morgan fingerprint density at radius 1 is 1.53 bits per heavy atom. The number of hydrogen-bond donors (Lipinski definition) is 0. The fraction of sp³-hybridized carbons (Fsp3) is 0.833. The van der Waals surface area contributed by atoms with E-state index in [1.807, 2.05) is 0 Å². The summed E-state index contributed by atoms with van der Waals surface area (Å²) in [6, 6.07) is 2.16. The second-order valence-corrected chi connectivity index (χ2v) is 4.19. The van der Waals surface area contributed by atoms with E-state index in [0.29, 0.717) is 18.1 Å². The monoisotopic (exact) mass is 208 g/mol. The van der Waals surface area contributed by atoms with Gasteiger partial charge in [0, 0.05) is 25.3 Å². The van der Waals surface area contributed by atoms with Crippen LogP contribution in [-0.2, 0) is 4.79 Å². The minimum atomic E-state index is 0.307. The largest absolute Gasteiger partial charge is 0.303 e. The molecule has 0 aliphatic heterocycles. The van der Waals surface area contributed by atoms with Gasteiger partial charge in [-0.2, -0.15) is 5.26 Å². The Labute approximate surface area is 92.1 Å². The predicted octanol–water partition coefficient (Wildman–Crippen LogP) is 1.98. The molecule has 15 heavy (non-hydrogen) atoms. The topological polar surface area (TPSA) is 44.1 Å². The van der Waals surface area contributed by atoms with Gasteiger partial charge < -0.3 is 4.90 Å². The van der Waals surface area contributed by atoms with Crippen LogP contribution >= 0.6 is 0 Å². The molecule has 0 N–H and O–H groups in total. The van der Waals surface area contributed by atoms with Crippen LogP contribution in [0.3, 0.4) is 0 Å². The predicted molar refractivity (Wildman–Crippen MR) is 59.3 cm³/mol. The van der Waals surface area contributed by atoms with Gasteiger partial charge in [-0.1, -0.05) is 6.92 Å².